The first-order chi connectivity index (χ1) is 8.13. The Labute approximate surface area is 97.9 Å². The molecular formula is C11H13NO5. The molecule has 0 heterocycles. The molecule has 6 heteroatoms. The zero-order valence-corrected chi connectivity index (χ0v) is 9.04. The fraction of sp³-hybridized carbons (Fsp3) is 0.273. The largest absolute Gasteiger partial charge is 0.516 e. The van der Waals surface area contributed by atoms with Crippen LogP contribution in [0.2, 0.25) is 0 Å². The van der Waals surface area contributed by atoms with Crippen molar-refractivity contribution >= 4 is 12.1 Å². The lowest BCUT2D eigenvalue weighted by molar-refractivity contribution is -0.142. The predicted molar refractivity (Wildman–Crippen MR) is 57.8 cm³/mol. The van der Waals surface area contributed by atoms with Crippen molar-refractivity contribution in [3.63, 3.8) is 0 Å². The van der Waals surface area contributed by atoms with Crippen LogP contribution in [0.4, 0.5) is 4.79 Å². The first kappa shape index (κ1) is 13.1. The van der Waals surface area contributed by atoms with Crippen molar-refractivity contribution in [1.29, 1.82) is 0 Å². The monoisotopic (exact) mass is 239 g/mol. The number of aliphatic hydroxyl groups is 1. The topological polar surface area (TPSA) is 98.9 Å². The van der Waals surface area contributed by atoms with Gasteiger partial charge in [0.15, 0.2) is 0 Å². The zero-order valence-electron chi connectivity index (χ0n) is 9.04. The molecule has 92 valence electrons. The van der Waals surface area contributed by atoms with E-state index in [1.807, 2.05) is 6.07 Å². The molecule has 0 aliphatic carbocycles. The minimum Gasteiger partial charge on any atom is -0.429 e. The second-order valence-electron chi connectivity index (χ2n) is 3.23. The number of nitrogens with two attached hydrogens (primary N) is 1. The second-order valence-corrected chi connectivity index (χ2v) is 3.23. The number of rotatable bonds is 4. The first-order valence-electron chi connectivity index (χ1n) is 4.92. The van der Waals surface area contributed by atoms with Gasteiger partial charge in [-0.25, -0.2) is 9.59 Å². The fourth-order valence-electron chi connectivity index (χ4n) is 0.978. The molecule has 0 fully saturated rings. The number of esters is 1. The van der Waals surface area contributed by atoms with Crippen LogP contribution in [-0.2, 0) is 20.9 Å². The Balaban J connectivity index is 2.33. The molecule has 1 atom stereocenters. The summed E-state index contributed by atoms with van der Waals surface area (Å²) in [5.41, 5.74) is 5.91. The van der Waals surface area contributed by atoms with Crippen molar-refractivity contribution in [3.05, 3.63) is 35.9 Å². The maximum Gasteiger partial charge on any atom is 0.516 e. The molecule has 0 saturated carbocycles. The molecule has 0 saturated heterocycles. The summed E-state index contributed by atoms with van der Waals surface area (Å²) in [6.45, 7) is -0.591. The van der Waals surface area contributed by atoms with Gasteiger partial charge in [0.25, 0.3) is 0 Å². The number of carbonyl (C=O) groups is 2. The molecule has 1 aromatic rings. The first-order valence-corrected chi connectivity index (χ1v) is 4.92. The molecule has 0 aliphatic rings. The SMILES string of the molecule is N[C@@H](CO)C(=O)OC(=O)OCc1ccccc1. The quantitative estimate of drug-likeness (QED) is 0.574. The van der Waals surface area contributed by atoms with E-state index in [0.717, 1.165) is 5.56 Å². The molecule has 1 aromatic carbocycles. The molecule has 6 nitrogen and oxygen atoms in total. The highest BCUT2D eigenvalue weighted by Crippen LogP contribution is 2.01. The molecule has 1 rings (SSSR count). The van der Waals surface area contributed by atoms with Crippen molar-refractivity contribution < 1.29 is 24.2 Å². The Hall–Kier alpha value is -1.92. The van der Waals surface area contributed by atoms with E-state index in [-0.39, 0.29) is 6.61 Å². The molecule has 0 aliphatic heterocycles. The number of carbonyl (C=O) groups excluding carboxylic acids is 2. The third-order valence-electron chi connectivity index (χ3n) is 1.88. The number of aliphatic hydroxyl groups excluding tert-OH is 1. The Kier molecular flexibility index (Phi) is 5.12. The van der Waals surface area contributed by atoms with Gasteiger partial charge in [-0.15, -0.1) is 0 Å². The van der Waals surface area contributed by atoms with E-state index in [1.54, 1.807) is 24.3 Å². The standard InChI is InChI=1S/C11H13NO5/c12-9(6-13)10(14)17-11(15)16-7-8-4-2-1-3-5-8/h1-5,9,13H,6-7,12H2/t9-/m0/s1. The van der Waals surface area contributed by atoms with Crippen LogP contribution in [-0.4, -0.2) is 29.9 Å². The Morgan fingerprint density at radius 2 is 1.94 bits per heavy atom. The third kappa shape index (κ3) is 4.62. The van der Waals surface area contributed by atoms with Crippen LogP contribution in [0.15, 0.2) is 30.3 Å². The van der Waals surface area contributed by atoms with Gasteiger partial charge < -0.3 is 20.3 Å². The minimum absolute atomic E-state index is 0.00131. The van der Waals surface area contributed by atoms with E-state index < -0.39 is 24.8 Å². The van der Waals surface area contributed by atoms with Crippen LogP contribution in [0.5, 0.6) is 0 Å². The summed E-state index contributed by atoms with van der Waals surface area (Å²) in [6, 6.07) is 7.68. The molecule has 0 spiro atoms. The third-order valence-corrected chi connectivity index (χ3v) is 1.88. The van der Waals surface area contributed by atoms with Gasteiger partial charge in [0.2, 0.25) is 0 Å². The molecule has 0 radical (unpaired) electrons. The lowest BCUT2D eigenvalue weighted by atomic mass is 10.2. The van der Waals surface area contributed by atoms with E-state index >= 15 is 0 Å². The molecule has 3 N–H and O–H groups in total. The fourth-order valence-corrected chi connectivity index (χ4v) is 0.978. The van der Waals surface area contributed by atoms with E-state index in [9.17, 15) is 9.59 Å². The second kappa shape index (κ2) is 6.62. The van der Waals surface area contributed by atoms with Crippen LogP contribution in [0.3, 0.4) is 0 Å². The summed E-state index contributed by atoms with van der Waals surface area (Å²) in [5.74, 6) is -1.02. The Morgan fingerprint density at radius 3 is 2.53 bits per heavy atom. The van der Waals surface area contributed by atoms with Crippen LogP contribution in [0.1, 0.15) is 5.56 Å². The van der Waals surface area contributed by atoms with Gasteiger partial charge in [0.05, 0.1) is 6.61 Å². The van der Waals surface area contributed by atoms with E-state index in [2.05, 4.69) is 9.47 Å². The van der Waals surface area contributed by atoms with E-state index in [0.29, 0.717) is 0 Å². The van der Waals surface area contributed by atoms with Gasteiger partial charge in [0.1, 0.15) is 12.6 Å². The van der Waals surface area contributed by atoms with Crippen LogP contribution in [0, 0.1) is 0 Å². The smallest absolute Gasteiger partial charge is 0.429 e. The molecule has 0 aromatic heterocycles. The highest BCUT2D eigenvalue weighted by molar-refractivity contribution is 5.85. The molecular weight excluding hydrogens is 226 g/mol. The predicted octanol–water partition coefficient (Wildman–Crippen LogP) is 0.186. The number of hydrogen-bond acceptors (Lipinski definition) is 6. The summed E-state index contributed by atoms with van der Waals surface area (Å²) in [6.07, 6.45) is -1.14. The number of ether oxygens (including phenoxy) is 2. The van der Waals surface area contributed by atoms with E-state index in [4.69, 9.17) is 10.8 Å². The Morgan fingerprint density at radius 1 is 1.29 bits per heavy atom. The molecule has 0 amide bonds. The summed E-state index contributed by atoms with van der Waals surface area (Å²) < 4.78 is 8.91. The number of benzene rings is 1. The van der Waals surface area contributed by atoms with Crippen LogP contribution >= 0.6 is 0 Å². The molecule has 17 heavy (non-hydrogen) atoms. The van der Waals surface area contributed by atoms with Gasteiger partial charge in [-0.05, 0) is 5.56 Å². The normalized spacial score (nSPS) is 11.6. The van der Waals surface area contributed by atoms with Crippen molar-refractivity contribution in [2.45, 2.75) is 12.6 Å². The summed E-state index contributed by atoms with van der Waals surface area (Å²) >= 11 is 0. The maximum absolute atomic E-state index is 11.0. The van der Waals surface area contributed by atoms with Gasteiger partial charge in [0, 0.05) is 0 Å². The van der Waals surface area contributed by atoms with Crippen molar-refractivity contribution in [3.8, 4) is 0 Å². The lowest BCUT2D eigenvalue weighted by Crippen LogP contribution is -2.36. The highest BCUT2D eigenvalue weighted by Gasteiger charge is 2.18. The lowest BCUT2D eigenvalue weighted by Gasteiger charge is -2.07. The van der Waals surface area contributed by atoms with Crippen molar-refractivity contribution in [1.82, 2.24) is 0 Å². The average Bonchev–Trinajstić information content (AvgIpc) is 2.36. The highest BCUT2D eigenvalue weighted by atomic mass is 16.7. The van der Waals surface area contributed by atoms with E-state index in [1.165, 1.54) is 0 Å². The number of hydrogen-bond donors (Lipinski definition) is 2. The molecule has 0 unspecified atom stereocenters. The summed E-state index contributed by atoms with van der Waals surface area (Å²) in [7, 11) is 0. The Bertz CT molecular complexity index is 379. The minimum atomic E-state index is -1.24. The van der Waals surface area contributed by atoms with Crippen molar-refractivity contribution in [2.24, 2.45) is 5.73 Å². The average molecular weight is 239 g/mol. The van der Waals surface area contributed by atoms with Gasteiger partial charge >= 0.3 is 12.1 Å². The zero-order chi connectivity index (χ0) is 12.7. The summed E-state index contributed by atoms with van der Waals surface area (Å²) in [5, 5.41) is 8.55. The van der Waals surface area contributed by atoms with Crippen LogP contribution in [0.25, 0.3) is 0 Å². The summed E-state index contributed by atoms with van der Waals surface area (Å²) in [4.78, 5) is 22.0. The maximum atomic E-state index is 11.0. The van der Waals surface area contributed by atoms with Crippen LogP contribution < -0.4 is 5.73 Å². The van der Waals surface area contributed by atoms with Gasteiger partial charge in [-0.1, -0.05) is 30.3 Å². The molecule has 0 bridgehead atoms. The van der Waals surface area contributed by atoms with Crippen molar-refractivity contribution in [2.75, 3.05) is 6.61 Å². The van der Waals surface area contributed by atoms with Gasteiger partial charge in [-0.2, -0.15) is 0 Å². The van der Waals surface area contributed by atoms with Gasteiger partial charge in [-0.3, -0.25) is 0 Å².